The molecular formula is C9H10N2S. The van der Waals surface area contributed by atoms with Crippen molar-refractivity contribution in [3.8, 4) is 6.07 Å². The fourth-order valence-corrected chi connectivity index (χ4v) is 2.50. The molecule has 2 heterocycles. The molecule has 0 amide bonds. The van der Waals surface area contributed by atoms with Gasteiger partial charge in [-0.1, -0.05) is 0 Å². The van der Waals surface area contributed by atoms with Crippen molar-refractivity contribution in [3.63, 3.8) is 0 Å². The molecule has 0 bridgehead atoms. The molecule has 0 saturated heterocycles. The third-order valence-electron chi connectivity index (χ3n) is 2.11. The molecule has 0 spiro atoms. The molecule has 62 valence electrons. The molecule has 1 aliphatic rings. The summed E-state index contributed by atoms with van der Waals surface area (Å²) in [5.74, 6) is 0. The van der Waals surface area contributed by atoms with Crippen LogP contribution in [-0.4, -0.2) is 13.1 Å². The predicted octanol–water partition coefficient (Wildman–Crippen LogP) is 1.31. The maximum atomic E-state index is 8.70. The Morgan fingerprint density at radius 3 is 3.08 bits per heavy atom. The minimum atomic E-state index is 0.863. The average molecular weight is 178 g/mol. The van der Waals surface area contributed by atoms with E-state index in [2.05, 4.69) is 11.4 Å². The smallest absolute Gasteiger partial charge is 0.110 e. The third-order valence-corrected chi connectivity index (χ3v) is 3.25. The molecule has 0 aromatic carbocycles. The van der Waals surface area contributed by atoms with Gasteiger partial charge in [0.15, 0.2) is 0 Å². The molecular weight excluding hydrogens is 168 g/mol. The Morgan fingerprint density at radius 2 is 2.25 bits per heavy atom. The third kappa shape index (κ3) is 1.36. The van der Waals surface area contributed by atoms with Gasteiger partial charge >= 0.3 is 0 Å². The second kappa shape index (κ2) is 3.26. The molecule has 2 rings (SSSR count). The zero-order valence-corrected chi connectivity index (χ0v) is 7.58. The minimum Gasteiger partial charge on any atom is -0.316 e. The fraction of sp³-hybridized carbons (Fsp3) is 0.444. The summed E-state index contributed by atoms with van der Waals surface area (Å²) in [6, 6.07) is 4.24. The highest BCUT2D eigenvalue weighted by Gasteiger charge is 2.10. The molecule has 12 heavy (non-hydrogen) atoms. The Balaban J connectivity index is 2.34. The van der Waals surface area contributed by atoms with E-state index < -0.39 is 0 Å². The Morgan fingerprint density at radius 1 is 1.42 bits per heavy atom. The summed E-state index contributed by atoms with van der Waals surface area (Å²) in [7, 11) is 0. The highest BCUT2D eigenvalue weighted by molar-refractivity contribution is 7.12. The van der Waals surface area contributed by atoms with Crippen molar-refractivity contribution in [2.24, 2.45) is 0 Å². The summed E-state index contributed by atoms with van der Waals surface area (Å²) in [5, 5.41) is 12.0. The van der Waals surface area contributed by atoms with E-state index in [1.807, 2.05) is 6.07 Å². The Bertz CT molecular complexity index is 298. The van der Waals surface area contributed by atoms with Crippen molar-refractivity contribution in [1.82, 2.24) is 5.32 Å². The van der Waals surface area contributed by atoms with Gasteiger partial charge in [-0.2, -0.15) is 5.26 Å². The topological polar surface area (TPSA) is 35.8 Å². The molecule has 0 saturated carbocycles. The highest BCUT2D eigenvalue weighted by Crippen LogP contribution is 2.23. The van der Waals surface area contributed by atoms with Crippen molar-refractivity contribution in [2.45, 2.75) is 12.8 Å². The van der Waals surface area contributed by atoms with Crippen molar-refractivity contribution in [3.05, 3.63) is 21.4 Å². The largest absolute Gasteiger partial charge is 0.316 e. The zero-order valence-electron chi connectivity index (χ0n) is 6.76. The van der Waals surface area contributed by atoms with Gasteiger partial charge in [0.1, 0.15) is 10.9 Å². The number of nitriles is 1. The molecule has 3 heteroatoms. The monoisotopic (exact) mass is 178 g/mol. The molecule has 0 aliphatic carbocycles. The molecule has 0 radical (unpaired) electrons. The van der Waals surface area contributed by atoms with Gasteiger partial charge in [0.05, 0.1) is 0 Å². The molecule has 1 aromatic heterocycles. The number of hydrogen-bond acceptors (Lipinski definition) is 3. The highest BCUT2D eigenvalue weighted by atomic mass is 32.1. The van der Waals surface area contributed by atoms with Crippen LogP contribution in [-0.2, 0) is 12.8 Å². The van der Waals surface area contributed by atoms with Crippen LogP contribution >= 0.6 is 11.3 Å². The lowest BCUT2D eigenvalue weighted by atomic mass is 10.2. The molecule has 1 aliphatic heterocycles. The number of nitrogens with one attached hydrogen (secondary N) is 1. The Labute approximate surface area is 75.8 Å². The van der Waals surface area contributed by atoms with Crippen molar-refractivity contribution in [2.75, 3.05) is 13.1 Å². The number of nitrogens with zero attached hydrogens (tertiary/aromatic N) is 1. The first-order valence-electron chi connectivity index (χ1n) is 4.12. The standard InChI is InChI=1S/C9H10N2S/c10-6-8-5-7-1-3-11-4-2-9(7)12-8/h5,11H,1-4H2. The molecule has 1 aromatic rings. The quantitative estimate of drug-likeness (QED) is 0.650. The number of thiophene rings is 1. The van der Waals surface area contributed by atoms with Crippen LogP contribution in [0.3, 0.4) is 0 Å². The van der Waals surface area contributed by atoms with E-state index in [1.54, 1.807) is 11.3 Å². The SMILES string of the molecule is N#Cc1cc2c(s1)CCNCC2. The maximum absolute atomic E-state index is 8.70. The first-order chi connectivity index (χ1) is 5.90. The minimum absolute atomic E-state index is 0.863. The summed E-state index contributed by atoms with van der Waals surface area (Å²) >= 11 is 1.65. The van der Waals surface area contributed by atoms with Crippen LogP contribution in [0.25, 0.3) is 0 Å². The molecule has 0 unspecified atom stereocenters. The molecule has 2 nitrogen and oxygen atoms in total. The summed E-state index contributed by atoms with van der Waals surface area (Å²) in [5.41, 5.74) is 1.38. The van der Waals surface area contributed by atoms with E-state index in [0.29, 0.717) is 0 Å². The predicted molar refractivity (Wildman–Crippen MR) is 49.3 cm³/mol. The fourth-order valence-electron chi connectivity index (χ4n) is 1.49. The van der Waals surface area contributed by atoms with Gasteiger partial charge in [-0.05, 0) is 37.6 Å². The first-order valence-corrected chi connectivity index (χ1v) is 4.94. The van der Waals surface area contributed by atoms with Crippen LogP contribution in [0, 0.1) is 11.3 Å². The maximum Gasteiger partial charge on any atom is 0.110 e. The second-order valence-electron chi connectivity index (χ2n) is 2.92. The van der Waals surface area contributed by atoms with Crippen LogP contribution < -0.4 is 5.32 Å². The van der Waals surface area contributed by atoms with Crippen molar-refractivity contribution in [1.29, 1.82) is 5.26 Å². The van der Waals surface area contributed by atoms with Crippen LogP contribution in [0.2, 0.25) is 0 Å². The lowest BCUT2D eigenvalue weighted by Crippen LogP contribution is -2.16. The van der Waals surface area contributed by atoms with Gasteiger partial charge in [-0.25, -0.2) is 0 Å². The van der Waals surface area contributed by atoms with Crippen LogP contribution in [0.1, 0.15) is 15.3 Å². The molecule has 0 atom stereocenters. The van der Waals surface area contributed by atoms with E-state index >= 15 is 0 Å². The number of fused-ring (bicyclic) bond motifs is 1. The van der Waals surface area contributed by atoms with E-state index in [-0.39, 0.29) is 0 Å². The van der Waals surface area contributed by atoms with Gasteiger partial charge in [0.2, 0.25) is 0 Å². The summed E-state index contributed by atoms with van der Waals surface area (Å²) in [4.78, 5) is 2.26. The van der Waals surface area contributed by atoms with Crippen LogP contribution in [0.5, 0.6) is 0 Å². The van der Waals surface area contributed by atoms with E-state index in [1.165, 1.54) is 10.4 Å². The van der Waals surface area contributed by atoms with Gasteiger partial charge < -0.3 is 5.32 Å². The summed E-state index contributed by atoms with van der Waals surface area (Å²) in [6.45, 7) is 2.10. The van der Waals surface area contributed by atoms with Gasteiger partial charge in [-0.15, -0.1) is 11.3 Å². The normalized spacial score (nSPS) is 16.2. The van der Waals surface area contributed by atoms with Gasteiger partial charge in [0.25, 0.3) is 0 Å². The first kappa shape index (κ1) is 7.78. The van der Waals surface area contributed by atoms with Gasteiger partial charge in [-0.3, -0.25) is 0 Å². The Hall–Kier alpha value is -0.850. The van der Waals surface area contributed by atoms with Crippen LogP contribution in [0.4, 0.5) is 0 Å². The Kier molecular flexibility index (Phi) is 2.11. The van der Waals surface area contributed by atoms with E-state index in [0.717, 1.165) is 30.8 Å². The van der Waals surface area contributed by atoms with Crippen LogP contribution in [0.15, 0.2) is 6.07 Å². The summed E-state index contributed by atoms with van der Waals surface area (Å²) in [6.07, 6.45) is 2.16. The van der Waals surface area contributed by atoms with Crippen molar-refractivity contribution < 1.29 is 0 Å². The van der Waals surface area contributed by atoms with Gasteiger partial charge in [0, 0.05) is 4.88 Å². The number of rotatable bonds is 0. The molecule has 0 fully saturated rings. The second-order valence-corrected chi connectivity index (χ2v) is 4.06. The van der Waals surface area contributed by atoms with Crippen molar-refractivity contribution >= 4 is 11.3 Å². The zero-order chi connectivity index (χ0) is 8.39. The lowest BCUT2D eigenvalue weighted by Gasteiger charge is -1.93. The van der Waals surface area contributed by atoms with E-state index in [4.69, 9.17) is 5.26 Å². The lowest BCUT2D eigenvalue weighted by molar-refractivity contribution is 0.712. The average Bonchev–Trinajstić information content (AvgIpc) is 2.37. The van der Waals surface area contributed by atoms with E-state index in [9.17, 15) is 0 Å². The summed E-state index contributed by atoms with van der Waals surface area (Å²) < 4.78 is 0. The number of hydrogen-bond donors (Lipinski definition) is 1. The molecule has 1 N–H and O–H groups in total.